The monoisotopic (exact) mass is 395 g/mol. The smallest absolute Gasteiger partial charge is 0.266 e. The van der Waals surface area contributed by atoms with Gasteiger partial charge in [-0.15, -0.1) is 11.3 Å². The van der Waals surface area contributed by atoms with Gasteiger partial charge in [0.25, 0.3) is 5.91 Å². The lowest BCUT2D eigenvalue weighted by atomic mass is 10.1. The largest absolute Gasteiger partial charge is 0.478 e. The van der Waals surface area contributed by atoms with E-state index in [2.05, 4.69) is 17.5 Å². The average molecular weight is 396 g/mol. The Labute approximate surface area is 162 Å². The number of thiophene rings is 1. The van der Waals surface area contributed by atoms with Crippen LogP contribution in [-0.2, 0) is 4.79 Å². The van der Waals surface area contributed by atoms with Crippen LogP contribution >= 0.6 is 34.7 Å². The Morgan fingerprint density at radius 1 is 1.24 bits per heavy atom. The molecule has 1 fully saturated rings. The van der Waals surface area contributed by atoms with Gasteiger partial charge in [0.2, 0.25) is 0 Å². The van der Waals surface area contributed by atoms with E-state index in [1.54, 1.807) is 35.6 Å². The SMILES string of the molecule is CC(C)(Oc1ccc(Cl)cc1)C(=O)N1CCS[C@@H](c2cccs2)CC1. The zero-order chi connectivity index (χ0) is 17.9. The van der Waals surface area contributed by atoms with Gasteiger partial charge >= 0.3 is 0 Å². The van der Waals surface area contributed by atoms with E-state index in [0.717, 1.165) is 25.3 Å². The third-order valence-electron chi connectivity index (χ3n) is 4.19. The normalized spacial score (nSPS) is 18.7. The fourth-order valence-electron chi connectivity index (χ4n) is 2.90. The van der Waals surface area contributed by atoms with Crippen molar-refractivity contribution in [3.05, 3.63) is 51.7 Å². The molecule has 1 aliphatic rings. The molecule has 1 saturated heterocycles. The summed E-state index contributed by atoms with van der Waals surface area (Å²) in [5.41, 5.74) is -0.902. The molecule has 0 saturated carbocycles. The Hall–Kier alpha value is -1.17. The van der Waals surface area contributed by atoms with Crippen LogP contribution in [0.1, 0.15) is 30.4 Å². The Balaban J connectivity index is 1.64. The second kappa shape index (κ2) is 8.02. The van der Waals surface area contributed by atoms with Gasteiger partial charge in [0.05, 0.1) is 0 Å². The molecule has 0 spiro atoms. The molecule has 6 heteroatoms. The zero-order valence-electron chi connectivity index (χ0n) is 14.4. The molecule has 25 heavy (non-hydrogen) atoms. The van der Waals surface area contributed by atoms with Crippen LogP contribution in [0.2, 0.25) is 5.02 Å². The van der Waals surface area contributed by atoms with E-state index in [1.807, 2.05) is 30.5 Å². The number of hydrogen-bond acceptors (Lipinski definition) is 4. The highest BCUT2D eigenvalue weighted by Crippen LogP contribution is 2.37. The Kier molecular flexibility index (Phi) is 5.97. The van der Waals surface area contributed by atoms with Gasteiger partial charge in [0, 0.05) is 34.0 Å². The lowest BCUT2D eigenvalue weighted by Gasteiger charge is -2.31. The van der Waals surface area contributed by atoms with Gasteiger partial charge < -0.3 is 9.64 Å². The number of carbonyl (C=O) groups excluding carboxylic acids is 1. The Morgan fingerprint density at radius 3 is 2.68 bits per heavy atom. The minimum atomic E-state index is -0.902. The topological polar surface area (TPSA) is 29.5 Å². The summed E-state index contributed by atoms with van der Waals surface area (Å²) in [5.74, 6) is 1.64. The molecule has 1 aliphatic heterocycles. The van der Waals surface area contributed by atoms with Gasteiger partial charge in [-0.2, -0.15) is 11.8 Å². The lowest BCUT2D eigenvalue weighted by molar-refractivity contribution is -0.145. The predicted octanol–water partition coefficient (Wildman–Crippen LogP) is 5.27. The molecule has 0 bridgehead atoms. The summed E-state index contributed by atoms with van der Waals surface area (Å²) in [6.45, 7) is 5.19. The van der Waals surface area contributed by atoms with Crippen molar-refractivity contribution in [1.82, 2.24) is 4.90 Å². The number of hydrogen-bond donors (Lipinski definition) is 0. The molecule has 1 atom stereocenters. The van der Waals surface area contributed by atoms with Gasteiger partial charge in [-0.3, -0.25) is 4.79 Å². The van der Waals surface area contributed by atoms with Crippen LogP contribution in [0.3, 0.4) is 0 Å². The molecule has 3 rings (SSSR count). The van der Waals surface area contributed by atoms with E-state index in [4.69, 9.17) is 16.3 Å². The molecule has 1 aromatic heterocycles. The molecule has 0 N–H and O–H groups in total. The first-order valence-corrected chi connectivity index (χ1v) is 10.7. The number of nitrogens with zero attached hydrogens (tertiary/aromatic N) is 1. The molecule has 0 radical (unpaired) electrons. The van der Waals surface area contributed by atoms with Crippen LogP contribution in [-0.4, -0.2) is 35.3 Å². The van der Waals surface area contributed by atoms with Crippen molar-refractivity contribution in [2.75, 3.05) is 18.8 Å². The third-order valence-corrected chi connectivity index (χ3v) is 6.89. The standard InChI is InChI=1S/C19H22ClNO2S2/c1-19(2,23-15-7-5-14(20)6-8-15)18(22)21-10-9-17(25-13-11-21)16-4-3-12-24-16/h3-8,12,17H,9-11,13H2,1-2H3/t17-/m1/s1. The van der Waals surface area contributed by atoms with Crippen LogP contribution in [0.25, 0.3) is 0 Å². The summed E-state index contributed by atoms with van der Waals surface area (Å²) in [4.78, 5) is 16.3. The first-order valence-electron chi connectivity index (χ1n) is 8.35. The maximum absolute atomic E-state index is 13.0. The third kappa shape index (κ3) is 4.72. The van der Waals surface area contributed by atoms with Crippen LogP contribution in [0, 0.1) is 0 Å². The van der Waals surface area contributed by atoms with E-state index in [9.17, 15) is 4.79 Å². The van der Waals surface area contributed by atoms with E-state index in [1.165, 1.54) is 4.88 Å². The van der Waals surface area contributed by atoms with Gasteiger partial charge in [-0.25, -0.2) is 0 Å². The van der Waals surface area contributed by atoms with Crippen molar-refractivity contribution in [2.24, 2.45) is 0 Å². The number of thioether (sulfide) groups is 1. The molecule has 1 amide bonds. The van der Waals surface area contributed by atoms with Crippen LogP contribution in [0.5, 0.6) is 5.75 Å². The van der Waals surface area contributed by atoms with E-state index in [0.29, 0.717) is 16.0 Å². The molecule has 1 aromatic carbocycles. The van der Waals surface area contributed by atoms with Crippen molar-refractivity contribution >= 4 is 40.6 Å². The van der Waals surface area contributed by atoms with E-state index >= 15 is 0 Å². The molecular formula is C19H22ClNO2S2. The van der Waals surface area contributed by atoms with Crippen LogP contribution < -0.4 is 4.74 Å². The molecule has 0 unspecified atom stereocenters. The number of benzene rings is 1. The maximum Gasteiger partial charge on any atom is 0.266 e. The van der Waals surface area contributed by atoms with E-state index < -0.39 is 5.60 Å². The average Bonchev–Trinajstić information content (AvgIpc) is 3.01. The minimum absolute atomic E-state index is 0.0369. The van der Waals surface area contributed by atoms with Gasteiger partial charge in [0.15, 0.2) is 5.60 Å². The van der Waals surface area contributed by atoms with Crippen molar-refractivity contribution < 1.29 is 9.53 Å². The summed E-state index contributed by atoms with van der Waals surface area (Å²) >= 11 is 9.65. The molecule has 134 valence electrons. The number of ether oxygens (including phenoxy) is 1. The zero-order valence-corrected chi connectivity index (χ0v) is 16.8. The van der Waals surface area contributed by atoms with Crippen LogP contribution in [0.15, 0.2) is 41.8 Å². The number of amides is 1. The van der Waals surface area contributed by atoms with Gasteiger partial charge in [-0.05, 0) is 56.0 Å². The van der Waals surface area contributed by atoms with Crippen LogP contribution in [0.4, 0.5) is 0 Å². The fraction of sp³-hybridized carbons (Fsp3) is 0.421. The highest BCUT2D eigenvalue weighted by molar-refractivity contribution is 7.99. The Bertz CT molecular complexity index is 701. The quantitative estimate of drug-likeness (QED) is 0.706. The Morgan fingerprint density at radius 2 is 2.00 bits per heavy atom. The lowest BCUT2D eigenvalue weighted by Crippen LogP contribution is -2.49. The maximum atomic E-state index is 13.0. The summed E-state index contributed by atoms with van der Waals surface area (Å²) < 4.78 is 5.96. The number of carbonyl (C=O) groups is 1. The second-order valence-electron chi connectivity index (χ2n) is 6.52. The van der Waals surface area contributed by atoms with Gasteiger partial charge in [-0.1, -0.05) is 17.7 Å². The number of halogens is 1. The fourth-order valence-corrected chi connectivity index (χ4v) is 5.26. The van der Waals surface area contributed by atoms with E-state index in [-0.39, 0.29) is 5.91 Å². The first-order chi connectivity index (χ1) is 12.0. The second-order valence-corrected chi connectivity index (χ2v) is 9.25. The molecule has 2 aromatic rings. The summed E-state index contributed by atoms with van der Waals surface area (Å²) in [6, 6.07) is 11.4. The van der Waals surface area contributed by atoms with Crippen molar-refractivity contribution in [1.29, 1.82) is 0 Å². The first kappa shape index (κ1) is 18.6. The van der Waals surface area contributed by atoms with Crippen molar-refractivity contribution in [3.8, 4) is 5.75 Å². The number of rotatable bonds is 4. The minimum Gasteiger partial charge on any atom is -0.478 e. The van der Waals surface area contributed by atoms with Crippen molar-refractivity contribution in [3.63, 3.8) is 0 Å². The van der Waals surface area contributed by atoms with Crippen molar-refractivity contribution in [2.45, 2.75) is 31.1 Å². The molecular weight excluding hydrogens is 374 g/mol. The molecule has 0 aliphatic carbocycles. The summed E-state index contributed by atoms with van der Waals surface area (Å²) in [5, 5.41) is 3.26. The molecule has 2 heterocycles. The predicted molar refractivity (Wildman–Crippen MR) is 107 cm³/mol. The summed E-state index contributed by atoms with van der Waals surface area (Å²) in [6.07, 6.45) is 0.980. The van der Waals surface area contributed by atoms with Gasteiger partial charge in [0.1, 0.15) is 5.75 Å². The highest BCUT2D eigenvalue weighted by atomic mass is 35.5. The summed E-state index contributed by atoms with van der Waals surface area (Å²) in [7, 11) is 0. The highest BCUT2D eigenvalue weighted by Gasteiger charge is 2.35. The molecule has 3 nitrogen and oxygen atoms in total.